The molecule has 0 radical (unpaired) electrons. The second-order valence-corrected chi connectivity index (χ2v) is 6.48. The smallest absolute Gasteiger partial charge is 0.303 e. The van der Waals surface area contributed by atoms with Crippen LogP contribution in [0.3, 0.4) is 0 Å². The minimum absolute atomic E-state index is 0.0920. The van der Waals surface area contributed by atoms with Crippen molar-refractivity contribution in [3.8, 4) is 11.5 Å². The van der Waals surface area contributed by atoms with Crippen LogP contribution in [0.15, 0.2) is 18.2 Å². The van der Waals surface area contributed by atoms with Crippen LogP contribution >= 0.6 is 0 Å². The molecule has 0 amide bonds. The first-order chi connectivity index (χ1) is 10.7. The van der Waals surface area contributed by atoms with Gasteiger partial charge in [-0.25, -0.2) is 0 Å². The van der Waals surface area contributed by atoms with Crippen molar-refractivity contribution in [1.29, 1.82) is 0 Å². The van der Waals surface area contributed by atoms with E-state index in [2.05, 4.69) is 0 Å². The molecule has 22 heavy (non-hydrogen) atoms. The van der Waals surface area contributed by atoms with Crippen LogP contribution in [0.4, 0.5) is 0 Å². The zero-order chi connectivity index (χ0) is 15.5. The van der Waals surface area contributed by atoms with Gasteiger partial charge in [0, 0.05) is 0 Å². The van der Waals surface area contributed by atoms with Crippen LogP contribution in [0.25, 0.3) is 0 Å². The van der Waals surface area contributed by atoms with Crippen molar-refractivity contribution < 1.29 is 19.4 Å². The van der Waals surface area contributed by atoms with Crippen LogP contribution in [0.5, 0.6) is 11.5 Å². The first kappa shape index (κ1) is 15.2. The fourth-order valence-electron chi connectivity index (χ4n) is 3.45. The molecular weight excluding hydrogens is 280 g/mol. The first-order valence-electron chi connectivity index (χ1n) is 8.23. The number of aliphatic carboxylic acids is 1. The number of carboxylic acids is 1. The maximum atomic E-state index is 11.1. The van der Waals surface area contributed by atoms with Crippen molar-refractivity contribution in [3.05, 3.63) is 23.8 Å². The van der Waals surface area contributed by atoms with Crippen molar-refractivity contribution >= 4 is 5.97 Å². The lowest BCUT2D eigenvalue weighted by molar-refractivity contribution is -0.137. The molecule has 120 valence electrons. The van der Waals surface area contributed by atoms with Crippen LogP contribution < -0.4 is 9.47 Å². The molecule has 1 unspecified atom stereocenters. The molecule has 1 N–H and O–H groups in total. The zero-order valence-corrected chi connectivity index (χ0v) is 13.1. The highest BCUT2D eigenvalue weighted by atomic mass is 16.5. The number of hydrogen-bond acceptors (Lipinski definition) is 3. The molecule has 0 bridgehead atoms. The highest BCUT2D eigenvalue weighted by Gasteiger charge is 2.34. The second-order valence-electron chi connectivity index (χ2n) is 6.48. The number of carbonyl (C=O) groups is 1. The molecular formula is C18H24O4. The molecule has 1 atom stereocenters. The van der Waals surface area contributed by atoms with Gasteiger partial charge in [0.05, 0.1) is 19.6 Å². The van der Waals surface area contributed by atoms with Gasteiger partial charge in [0.2, 0.25) is 0 Å². The lowest BCUT2D eigenvalue weighted by atomic mass is 9.91. The summed E-state index contributed by atoms with van der Waals surface area (Å²) >= 11 is 0. The number of hydrogen-bond donors (Lipinski definition) is 1. The van der Waals surface area contributed by atoms with E-state index in [4.69, 9.17) is 14.6 Å². The van der Waals surface area contributed by atoms with Gasteiger partial charge in [-0.1, -0.05) is 6.07 Å². The van der Waals surface area contributed by atoms with E-state index in [1.807, 2.05) is 18.2 Å². The zero-order valence-electron chi connectivity index (χ0n) is 13.1. The number of ether oxygens (including phenoxy) is 2. The maximum Gasteiger partial charge on any atom is 0.303 e. The molecule has 1 aromatic rings. The van der Waals surface area contributed by atoms with Gasteiger partial charge in [-0.2, -0.15) is 0 Å². The Kier molecular flexibility index (Phi) is 4.55. The van der Waals surface area contributed by atoms with Gasteiger partial charge in [-0.3, -0.25) is 4.79 Å². The Morgan fingerprint density at radius 3 is 2.55 bits per heavy atom. The van der Waals surface area contributed by atoms with E-state index in [-0.39, 0.29) is 18.4 Å². The van der Waals surface area contributed by atoms with Crippen LogP contribution in [-0.2, 0) is 4.79 Å². The lowest BCUT2D eigenvalue weighted by Gasteiger charge is -2.20. The second kappa shape index (κ2) is 6.59. The Morgan fingerprint density at radius 2 is 1.95 bits per heavy atom. The Hall–Kier alpha value is -1.71. The third-order valence-corrected chi connectivity index (χ3v) is 4.80. The van der Waals surface area contributed by atoms with Gasteiger partial charge >= 0.3 is 5.97 Å². The molecule has 2 saturated carbocycles. The molecule has 3 rings (SSSR count). The Morgan fingerprint density at radius 1 is 1.23 bits per heavy atom. The summed E-state index contributed by atoms with van der Waals surface area (Å²) in [5.74, 6) is 1.37. The van der Waals surface area contributed by atoms with Crippen LogP contribution in [0.1, 0.15) is 56.4 Å². The maximum absolute atomic E-state index is 11.1. The van der Waals surface area contributed by atoms with Crippen molar-refractivity contribution in [2.45, 2.75) is 57.0 Å². The standard InChI is InChI=1S/C18H24O4/c1-21-16-9-8-13(15(11-18(19)20)12-6-7-12)10-17(16)22-14-4-2-3-5-14/h8-10,12,14-15H,2-7,11H2,1H3,(H,19,20). The summed E-state index contributed by atoms with van der Waals surface area (Å²) in [5, 5.41) is 9.17. The Balaban J connectivity index is 1.82. The van der Waals surface area contributed by atoms with E-state index in [1.165, 1.54) is 12.8 Å². The molecule has 4 nitrogen and oxygen atoms in total. The third-order valence-electron chi connectivity index (χ3n) is 4.80. The van der Waals surface area contributed by atoms with Crippen molar-refractivity contribution in [1.82, 2.24) is 0 Å². The molecule has 0 aliphatic heterocycles. The molecule has 4 heteroatoms. The van der Waals surface area contributed by atoms with Gasteiger partial charge in [0.15, 0.2) is 11.5 Å². The average molecular weight is 304 g/mol. The molecule has 2 fully saturated rings. The van der Waals surface area contributed by atoms with Gasteiger partial charge in [-0.05, 0) is 68.1 Å². The van der Waals surface area contributed by atoms with Crippen molar-refractivity contribution in [2.24, 2.45) is 5.92 Å². The normalized spacial score (nSPS) is 19.9. The van der Waals surface area contributed by atoms with E-state index in [1.54, 1.807) is 7.11 Å². The topological polar surface area (TPSA) is 55.8 Å². The van der Waals surface area contributed by atoms with Crippen LogP contribution in [0, 0.1) is 5.92 Å². The number of benzene rings is 1. The summed E-state index contributed by atoms with van der Waals surface area (Å²) in [6.07, 6.45) is 7.34. The molecule has 2 aliphatic carbocycles. The lowest BCUT2D eigenvalue weighted by Crippen LogP contribution is -2.13. The summed E-state index contributed by atoms with van der Waals surface area (Å²) in [6.45, 7) is 0. The highest BCUT2D eigenvalue weighted by Crippen LogP contribution is 2.46. The predicted molar refractivity (Wildman–Crippen MR) is 83.6 cm³/mol. The summed E-state index contributed by atoms with van der Waals surface area (Å²) < 4.78 is 11.5. The fourth-order valence-corrected chi connectivity index (χ4v) is 3.45. The van der Waals surface area contributed by atoms with Gasteiger partial charge in [0.1, 0.15) is 0 Å². The van der Waals surface area contributed by atoms with Gasteiger partial charge < -0.3 is 14.6 Å². The predicted octanol–water partition coefficient (Wildman–Crippen LogP) is 3.98. The monoisotopic (exact) mass is 304 g/mol. The largest absolute Gasteiger partial charge is 0.493 e. The summed E-state index contributed by atoms with van der Waals surface area (Å²) in [5.41, 5.74) is 1.07. The fraction of sp³-hybridized carbons (Fsp3) is 0.611. The molecule has 1 aromatic carbocycles. The molecule has 2 aliphatic rings. The van der Waals surface area contributed by atoms with Crippen molar-refractivity contribution in [3.63, 3.8) is 0 Å². The highest BCUT2D eigenvalue weighted by molar-refractivity contribution is 5.68. The Labute approximate surface area is 131 Å². The number of carboxylic acid groups (broad SMARTS) is 1. The van der Waals surface area contributed by atoms with E-state index >= 15 is 0 Å². The summed E-state index contributed by atoms with van der Waals surface area (Å²) in [4.78, 5) is 11.1. The first-order valence-corrected chi connectivity index (χ1v) is 8.23. The summed E-state index contributed by atoms with van der Waals surface area (Å²) in [6, 6.07) is 5.91. The van der Waals surface area contributed by atoms with E-state index < -0.39 is 5.97 Å². The van der Waals surface area contributed by atoms with E-state index in [0.29, 0.717) is 5.92 Å². The molecule has 0 heterocycles. The van der Waals surface area contributed by atoms with Crippen molar-refractivity contribution in [2.75, 3.05) is 7.11 Å². The minimum Gasteiger partial charge on any atom is -0.493 e. The average Bonchev–Trinajstić information content (AvgIpc) is 3.22. The van der Waals surface area contributed by atoms with Gasteiger partial charge in [-0.15, -0.1) is 0 Å². The molecule has 0 spiro atoms. The quantitative estimate of drug-likeness (QED) is 0.827. The minimum atomic E-state index is -0.731. The third kappa shape index (κ3) is 3.54. The van der Waals surface area contributed by atoms with E-state index in [9.17, 15) is 4.79 Å². The SMILES string of the molecule is COc1ccc(C(CC(=O)O)C2CC2)cc1OC1CCCC1. The summed E-state index contributed by atoms with van der Waals surface area (Å²) in [7, 11) is 1.64. The number of methoxy groups -OCH3 is 1. The van der Waals surface area contributed by atoms with Gasteiger partial charge in [0.25, 0.3) is 0 Å². The number of rotatable bonds is 7. The Bertz CT molecular complexity index is 530. The van der Waals surface area contributed by atoms with Crippen LogP contribution in [-0.4, -0.2) is 24.3 Å². The van der Waals surface area contributed by atoms with E-state index in [0.717, 1.165) is 42.7 Å². The molecule has 0 saturated heterocycles. The molecule has 0 aromatic heterocycles. The van der Waals surface area contributed by atoms with Crippen LogP contribution in [0.2, 0.25) is 0 Å².